The van der Waals surface area contributed by atoms with E-state index < -0.39 is 0 Å². The highest BCUT2D eigenvalue weighted by Crippen LogP contribution is 2.34. The summed E-state index contributed by atoms with van der Waals surface area (Å²) in [6.45, 7) is 3.40. The standard InChI is InChI=1S/C22H21N5O3/c1-14-5-2-3-7-17(14)18-12-23-24-21(18)16-6-4-10-26(13-16)22(28)15-8-9-20-19(11-15)25-30-27(20)29/h2-3,5,7-9,11-12,16H,4,6,10,13H2,1H3,(H,23,24). The summed E-state index contributed by atoms with van der Waals surface area (Å²) < 4.78 is 4.60. The van der Waals surface area contributed by atoms with Gasteiger partial charge in [-0.25, -0.2) is 0 Å². The van der Waals surface area contributed by atoms with Gasteiger partial charge in [0.05, 0.1) is 6.20 Å². The number of fused-ring (bicyclic) bond motifs is 1. The molecule has 0 bridgehead atoms. The van der Waals surface area contributed by atoms with E-state index in [1.807, 2.05) is 23.2 Å². The minimum absolute atomic E-state index is 0.0704. The number of nitrogens with zero attached hydrogens (tertiary/aromatic N) is 4. The molecule has 3 heterocycles. The second-order valence-corrected chi connectivity index (χ2v) is 7.74. The molecule has 1 N–H and O–H groups in total. The molecule has 5 rings (SSSR count). The molecule has 1 atom stereocenters. The van der Waals surface area contributed by atoms with Gasteiger partial charge in [-0.2, -0.15) is 5.10 Å². The summed E-state index contributed by atoms with van der Waals surface area (Å²) in [4.78, 5) is 15.3. The molecule has 1 aliphatic heterocycles. The molecule has 1 aliphatic rings. The van der Waals surface area contributed by atoms with Gasteiger partial charge in [0.25, 0.3) is 5.91 Å². The van der Waals surface area contributed by atoms with E-state index in [0.29, 0.717) is 34.6 Å². The third kappa shape index (κ3) is 3.10. The van der Waals surface area contributed by atoms with E-state index in [-0.39, 0.29) is 11.8 Å². The fraction of sp³-hybridized carbons (Fsp3) is 0.273. The summed E-state index contributed by atoms with van der Waals surface area (Å²) in [5, 5.41) is 22.7. The molecule has 0 aliphatic carbocycles. The van der Waals surface area contributed by atoms with Gasteiger partial charge in [-0.15, -0.1) is 0 Å². The number of benzene rings is 2. The number of aryl methyl sites for hydroxylation is 1. The Morgan fingerprint density at radius 2 is 2.13 bits per heavy atom. The second kappa shape index (κ2) is 7.29. The minimum atomic E-state index is -0.0704. The number of hydrogen-bond donors (Lipinski definition) is 1. The molecule has 0 spiro atoms. The van der Waals surface area contributed by atoms with E-state index in [4.69, 9.17) is 0 Å². The Kier molecular flexibility index (Phi) is 4.46. The Labute approximate surface area is 172 Å². The summed E-state index contributed by atoms with van der Waals surface area (Å²) in [6, 6.07) is 13.1. The monoisotopic (exact) mass is 403 g/mol. The lowest BCUT2D eigenvalue weighted by molar-refractivity contribution is -0.782. The normalized spacial score (nSPS) is 16.8. The molecule has 2 aromatic carbocycles. The Morgan fingerprint density at radius 3 is 3.00 bits per heavy atom. The molecule has 152 valence electrons. The average molecular weight is 403 g/mol. The Balaban J connectivity index is 1.41. The van der Waals surface area contributed by atoms with E-state index in [1.165, 1.54) is 5.56 Å². The van der Waals surface area contributed by atoms with Crippen LogP contribution in [0.5, 0.6) is 0 Å². The molecule has 1 amide bonds. The van der Waals surface area contributed by atoms with Gasteiger partial charge >= 0.3 is 0 Å². The van der Waals surface area contributed by atoms with Gasteiger partial charge in [0.1, 0.15) is 0 Å². The number of aromatic nitrogens is 4. The molecular weight excluding hydrogens is 382 g/mol. The van der Waals surface area contributed by atoms with Crippen molar-refractivity contribution in [3.05, 3.63) is 70.7 Å². The van der Waals surface area contributed by atoms with Crippen LogP contribution in [-0.4, -0.2) is 39.3 Å². The Bertz CT molecular complexity index is 1230. The number of nitrogens with one attached hydrogen (secondary N) is 1. The lowest BCUT2D eigenvalue weighted by atomic mass is 9.89. The zero-order valence-corrected chi connectivity index (χ0v) is 16.5. The molecule has 30 heavy (non-hydrogen) atoms. The molecule has 1 saturated heterocycles. The Morgan fingerprint density at radius 1 is 1.27 bits per heavy atom. The molecule has 1 unspecified atom stereocenters. The molecular formula is C22H21N5O3. The van der Waals surface area contributed by atoms with Crippen molar-refractivity contribution >= 4 is 16.9 Å². The first kappa shape index (κ1) is 18.4. The number of hydrogen-bond acceptors (Lipinski definition) is 5. The van der Waals surface area contributed by atoms with Crippen LogP contribution >= 0.6 is 0 Å². The van der Waals surface area contributed by atoms with Crippen LogP contribution in [0.4, 0.5) is 0 Å². The Hall–Kier alpha value is -3.68. The van der Waals surface area contributed by atoms with Crippen molar-refractivity contribution in [1.82, 2.24) is 20.3 Å². The van der Waals surface area contributed by atoms with Crippen LogP contribution < -0.4 is 4.90 Å². The molecule has 4 aromatic rings. The first-order valence-electron chi connectivity index (χ1n) is 10.00. The lowest BCUT2D eigenvalue weighted by Gasteiger charge is -2.33. The SMILES string of the molecule is Cc1ccccc1-c1cn[nH]c1C1CCCN(C(=O)c2ccc3c(c2)no[n+]3[O-])C1. The minimum Gasteiger partial charge on any atom is -0.359 e. The van der Waals surface area contributed by atoms with Crippen LogP contribution in [0.25, 0.3) is 22.2 Å². The predicted molar refractivity (Wildman–Crippen MR) is 110 cm³/mol. The van der Waals surface area contributed by atoms with Crippen molar-refractivity contribution in [2.75, 3.05) is 13.1 Å². The van der Waals surface area contributed by atoms with Crippen molar-refractivity contribution in [2.45, 2.75) is 25.7 Å². The molecule has 0 radical (unpaired) electrons. The molecule has 2 aromatic heterocycles. The van der Waals surface area contributed by atoms with Gasteiger partial charge in [0.15, 0.2) is 0 Å². The first-order chi connectivity index (χ1) is 14.6. The number of H-pyrrole nitrogens is 1. The summed E-state index contributed by atoms with van der Waals surface area (Å²) in [6.07, 6.45) is 3.77. The zero-order valence-electron chi connectivity index (χ0n) is 16.5. The number of rotatable bonds is 3. The van der Waals surface area contributed by atoms with E-state index in [9.17, 15) is 10.0 Å². The second-order valence-electron chi connectivity index (χ2n) is 7.74. The summed E-state index contributed by atoms with van der Waals surface area (Å²) >= 11 is 0. The van der Waals surface area contributed by atoms with E-state index in [2.05, 4.69) is 39.0 Å². The van der Waals surface area contributed by atoms with Crippen molar-refractivity contribution in [3.8, 4) is 11.1 Å². The molecule has 0 saturated carbocycles. The number of likely N-dealkylation sites (tertiary alicyclic amines) is 1. The van der Waals surface area contributed by atoms with Crippen molar-refractivity contribution in [2.24, 2.45) is 0 Å². The van der Waals surface area contributed by atoms with Crippen LogP contribution in [0.2, 0.25) is 0 Å². The predicted octanol–water partition coefficient (Wildman–Crippen LogP) is 3.18. The van der Waals surface area contributed by atoms with Gasteiger partial charge in [-0.1, -0.05) is 24.3 Å². The highest BCUT2D eigenvalue weighted by molar-refractivity contribution is 5.97. The smallest absolute Gasteiger partial charge is 0.254 e. The van der Waals surface area contributed by atoms with E-state index in [1.54, 1.807) is 18.2 Å². The maximum absolute atomic E-state index is 13.1. The number of aromatic amines is 1. The van der Waals surface area contributed by atoms with Gasteiger partial charge in [-0.3, -0.25) is 14.5 Å². The third-order valence-electron chi connectivity index (χ3n) is 5.85. The fourth-order valence-corrected chi connectivity index (χ4v) is 4.29. The fourth-order valence-electron chi connectivity index (χ4n) is 4.29. The zero-order chi connectivity index (χ0) is 20.7. The van der Waals surface area contributed by atoms with Gasteiger partial charge < -0.3 is 10.1 Å². The number of carbonyl (C=O) groups is 1. The van der Waals surface area contributed by atoms with Gasteiger partial charge in [0, 0.05) is 47.1 Å². The topological polar surface area (TPSA) is 102 Å². The summed E-state index contributed by atoms with van der Waals surface area (Å²) in [7, 11) is 0. The molecule has 8 heteroatoms. The van der Waals surface area contributed by atoms with Crippen molar-refractivity contribution in [1.29, 1.82) is 0 Å². The number of carbonyl (C=O) groups excluding carboxylic acids is 1. The van der Waals surface area contributed by atoms with Crippen molar-refractivity contribution in [3.63, 3.8) is 0 Å². The molecule has 1 fully saturated rings. The van der Waals surface area contributed by atoms with Crippen LogP contribution in [0, 0.1) is 12.1 Å². The van der Waals surface area contributed by atoms with Crippen LogP contribution in [-0.2, 0) is 0 Å². The first-order valence-corrected chi connectivity index (χ1v) is 10.00. The van der Waals surface area contributed by atoms with Gasteiger partial charge in [0.2, 0.25) is 11.0 Å². The number of amides is 1. The molecule has 8 nitrogen and oxygen atoms in total. The van der Waals surface area contributed by atoms with E-state index in [0.717, 1.165) is 29.7 Å². The van der Waals surface area contributed by atoms with Crippen LogP contribution in [0.3, 0.4) is 0 Å². The van der Waals surface area contributed by atoms with E-state index >= 15 is 0 Å². The van der Waals surface area contributed by atoms with Gasteiger partial charge in [-0.05, 0) is 47.9 Å². The largest absolute Gasteiger partial charge is 0.359 e. The van der Waals surface area contributed by atoms with Crippen molar-refractivity contribution < 1.29 is 14.3 Å². The maximum Gasteiger partial charge on any atom is 0.254 e. The average Bonchev–Trinajstić information content (AvgIpc) is 3.40. The highest BCUT2D eigenvalue weighted by Gasteiger charge is 2.29. The lowest BCUT2D eigenvalue weighted by Crippen LogP contribution is -2.39. The maximum atomic E-state index is 13.1. The highest BCUT2D eigenvalue weighted by atomic mass is 16.8. The summed E-state index contributed by atoms with van der Waals surface area (Å²) in [5.41, 5.74) is 5.70. The van der Waals surface area contributed by atoms with Crippen LogP contribution in [0.15, 0.2) is 53.3 Å². The third-order valence-corrected chi connectivity index (χ3v) is 5.85. The summed E-state index contributed by atoms with van der Waals surface area (Å²) in [5.74, 6) is 0.110. The van der Waals surface area contributed by atoms with Crippen LogP contribution in [0.1, 0.15) is 40.4 Å². The quantitative estimate of drug-likeness (QED) is 0.529. The number of piperidine rings is 1.